The number of hydrogen-bond acceptors (Lipinski definition) is 2. The summed E-state index contributed by atoms with van der Waals surface area (Å²) in [5.41, 5.74) is 0. The van der Waals surface area contributed by atoms with Crippen molar-refractivity contribution in [2.24, 2.45) is 0 Å². The average molecular weight is 432 g/mol. The number of alkyl halides is 1. The summed E-state index contributed by atoms with van der Waals surface area (Å²) < 4.78 is 28.3. The molecule has 3 nitrogen and oxygen atoms in total. The summed E-state index contributed by atoms with van der Waals surface area (Å²) in [6.07, 6.45) is 3.09. The highest BCUT2D eigenvalue weighted by molar-refractivity contribution is 14.1. The number of unbranched alkanes of at least 4 members (excludes halogenated alkanes) is 2. The van der Waals surface area contributed by atoms with E-state index in [0.29, 0.717) is 11.4 Å². The Kier molecular flexibility index (Phi) is 6.98. The van der Waals surface area contributed by atoms with Crippen molar-refractivity contribution >= 4 is 48.5 Å². The minimum absolute atomic E-state index is 0.314. The van der Waals surface area contributed by atoms with E-state index in [0.717, 1.165) is 28.2 Å². The fraction of sp³-hybridized carbons (Fsp3) is 0.455. The van der Waals surface area contributed by atoms with Crippen LogP contribution in [0.3, 0.4) is 0 Å². The molecular weight excluding hydrogens is 417 g/mol. The molecule has 0 amide bonds. The van der Waals surface area contributed by atoms with E-state index in [-0.39, 0.29) is 0 Å². The standard InChI is InChI=1S/C11H15BrINO2S/c12-10-4-6-11(7-5-10)17(15,16)14-9-3-1-2-8-13/h4-7,14H,1-3,8-9H2. The van der Waals surface area contributed by atoms with Crippen molar-refractivity contribution in [2.45, 2.75) is 24.2 Å². The van der Waals surface area contributed by atoms with Crippen molar-refractivity contribution in [3.8, 4) is 0 Å². The Morgan fingerprint density at radius 1 is 1.12 bits per heavy atom. The molecule has 1 rings (SSSR count). The molecule has 0 fully saturated rings. The lowest BCUT2D eigenvalue weighted by molar-refractivity contribution is 0.576. The van der Waals surface area contributed by atoms with Crippen molar-refractivity contribution in [3.05, 3.63) is 28.7 Å². The predicted octanol–water partition coefficient (Wildman–Crippen LogP) is 3.33. The quantitative estimate of drug-likeness (QED) is 0.409. The number of benzene rings is 1. The second kappa shape index (κ2) is 7.70. The van der Waals surface area contributed by atoms with Gasteiger partial charge in [-0.3, -0.25) is 0 Å². The molecule has 17 heavy (non-hydrogen) atoms. The summed E-state index contributed by atoms with van der Waals surface area (Å²) in [4.78, 5) is 0.314. The second-order valence-electron chi connectivity index (χ2n) is 3.60. The van der Waals surface area contributed by atoms with Gasteiger partial charge in [-0.25, -0.2) is 13.1 Å². The van der Waals surface area contributed by atoms with Gasteiger partial charge >= 0.3 is 0 Å². The number of rotatable bonds is 7. The third-order valence-corrected chi connectivity index (χ3v) is 4.99. The van der Waals surface area contributed by atoms with E-state index in [9.17, 15) is 8.42 Å². The highest BCUT2D eigenvalue weighted by atomic mass is 127. The maximum absolute atomic E-state index is 11.8. The maximum Gasteiger partial charge on any atom is 0.240 e. The zero-order chi connectivity index (χ0) is 12.7. The van der Waals surface area contributed by atoms with E-state index in [2.05, 4.69) is 43.2 Å². The minimum Gasteiger partial charge on any atom is -0.211 e. The lowest BCUT2D eigenvalue weighted by Crippen LogP contribution is -2.24. The molecule has 0 bridgehead atoms. The van der Waals surface area contributed by atoms with Gasteiger partial charge in [0, 0.05) is 11.0 Å². The predicted molar refractivity (Wildman–Crippen MR) is 82.1 cm³/mol. The van der Waals surface area contributed by atoms with Crippen LogP contribution in [0.5, 0.6) is 0 Å². The average Bonchev–Trinajstić information content (AvgIpc) is 2.29. The Bertz CT molecular complexity index is 433. The van der Waals surface area contributed by atoms with Crippen LogP contribution >= 0.6 is 38.5 Å². The van der Waals surface area contributed by atoms with Gasteiger partial charge in [-0.05, 0) is 41.5 Å². The molecule has 1 aromatic rings. The first-order valence-corrected chi connectivity index (χ1v) is 9.17. The largest absolute Gasteiger partial charge is 0.240 e. The number of sulfonamides is 1. The van der Waals surface area contributed by atoms with Gasteiger partial charge in [-0.1, -0.05) is 44.9 Å². The zero-order valence-corrected chi connectivity index (χ0v) is 13.9. The summed E-state index contributed by atoms with van der Waals surface area (Å²) in [5.74, 6) is 0. The molecular formula is C11H15BrINO2S. The molecule has 0 unspecified atom stereocenters. The second-order valence-corrected chi connectivity index (χ2v) is 7.36. The Morgan fingerprint density at radius 3 is 2.35 bits per heavy atom. The first-order valence-electron chi connectivity index (χ1n) is 5.37. The zero-order valence-electron chi connectivity index (χ0n) is 9.33. The minimum atomic E-state index is -3.34. The lowest BCUT2D eigenvalue weighted by atomic mass is 10.3. The Morgan fingerprint density at radius 2 is 1.76 bits per heavy atom. The molecule has 0 atom stereocenters. The SMILES string of the molecule is O=S(=O)(NCCCCCI)c1ccc(Br)cc1. The van der Waals surface area contributed by atoms with E-state index in [1.807, 2.05) is 0 Å². The van der Waals surface area contributed by atoms with Crippen LogP contribution in [0.2, 0.25) is 0 Å². The topological polar surface area (TPSA) is 46.2 Å². The first-order chi connectivity index (χ1) is 8.06. The highest BCUT2D eigenvalue weighted by Crippen LogP contribution is 2.14. The van der Waals surface area contributed by atoms with Crippen molar-refractivity contribution in [3.63, 3.8) is 0 Å². The maximum atomic E-state index is 11.8. The number of nitrogens with one attached hydrogen (secondary N) is 1. The Labute approximate surface area is 125 Å². The summed E-state index contributed by atoms with van der Waals surface area (Å²) in [6, 6.07) is 6.64. The molecule has 0 saturated heterocycles. The van der Waals surface area contributed by atoms with Gasteiger partial charge < -0.3 is 0 Å². The van der Waals surface area contributed by atoms with E-state index >= 15 is 0 Å². The van der Waals surface area contributed by atoms with Crippen molar-refractivity contribution in [1.82, 2.24) is 4.72 Å². The normalized spacial score (nSPS) is 11.6. The van der Waals surface area contributed by atoms with Crippen LogP contribution in [-0.4, -0.2) is 19.4 Å². The van der Waals surface area contributed by atoms with Gasteiger partial charge in [0.2, 0.25) is 10.0 Å². The fourth-order valence-corrected chi connectivity index (χ4v) is 3.18. The van der Waals surface area contributed by atoms with Crippen LogP contribution in [0, 0.1) is 0 Å². The molecule has 0 saturated carbocycles. The van der Waals surface area contributed by atoms with Gasteiger partial charge in [0.15, 0.2) is 0 Å². The van der Waals surface area contributed by atoms with Crippen LogP contribution in [0.4, 0.5) is 0 Å². The molecule has 0 spiro atoms. The molecule has 0 radical (unpaired) electrons. The summed E-state index contributed by atoms with van der Waals surface area (Å²) >= 11 is 5.60. The third-order valence-electron chi connectivity index (χ3n) is 2.23. The molecule has 96 valence electrons. The molecule has 0 aliphatic carbocycles. The van der Waals surface area contributed by atoms with Crippen LogP contribution in [0.15, 0.2) is 33.6 Å². The van der Waals surface area contributed by atoms with E-state index in [1.165, 1.54) is 0 Å². The van der Waals surface area contributed by atoms with E-state index in [4.69, 9.17) is 0 Å². The van der Waals surface area contributed by atoms with Crippen molar-refractivity contribution in [2.75, 3.05) is 11.0 Å². The first kappa shape index (κ1) is 15.4. The number of halogens is 2. The summed E-state index contributed by atoms with van der Waals surface area (Å²) in [5, 5.41) is 0. The molecule has 1 aromatic carbocycles. The highest BCUT2D eigenvalue weighted by Gasteiger charge is 2.12. The molecule has 0 aromatic heterocycles. The Balaban J connectivity index is 2.48. The van der Waals surface area contributed by atoms with Crippen LogP contribution in [0.25, 0.3) is 0 Å². The van der Waals surface area contributed by atoms with E-state index in [1.54, 1.807) is 24.3 Å². The summed E-state index contributed by atoms with van der Waals surface area (Å²) in [6.45, 7) is 0.509. The molecule has 0 aliphatic rings. The smallest absolute Gasteiger partial charge is 0.211 e. The molecule has 0 aliphatic heterocycles. The molecule has 1 N–H and O–H groups in total. The lowest BCUT2D eigenvalue weighted by Gasteiger charge is -2.06. The van der Waals surface area contributed by atoms with E-state index < -0.39 is 10.0 Å². The van der Waals surface area contributed by atoms with Crippen LogP contribution < -0.4 is 4.72 Å². The fourth-order valence-electron chi connectivity index (χ4n) is 1.30. The Hall–Kier alpha value is 0.340. The molecule has 0 heterocycles. The monoisotopic (exact) mass is 431 g/mol. The van der Waals surface area contributed by atoms with Crippen molar-refractivity contribution < 1.29 is 8.42 Å². The summed E-state index contributed by atoms with van der Waals surface area (Å²) in [7, 11) is -3.34. The van der Waals surface area contributed by atoms with Crippen LogP contribution in [0.1, 0.15) is 19.3 Å². The van der Waals surface area contributed by atoms with Gasteiger partial charge in [-0.2, -0.15) is 0 Å². The molecule has 6 heteroatoms. The van der Waals surface area contributed by atoms with Gasteiger partial charge in [-0.15, -0.1) is 0 Å². The van der Waals surface area contributed by atoms with Gasteiger partial charge in [0.05, 0.1) is 4.90 Å². The third kappa shape index (κ3) is 5.67. The van der Waals surface area contributed by atoms with Crippen LogP contribution in [-0.2, 0) is 10.0 Å². The number of hydrogen-bond donors (Lipinski definition) is 1. The van der Waals surface area contributed by atoms with Gasteiger partial charge in [0.25, 0.3) is 0 Å². The van der Waals surface area contributed by atoms with Crippen molar-refractivity contribution in [1.29, 1.82) is 0 Å². The van der Waals surface area contributed by atoms with Gasteiger partial charge in [0.1, 0.15) is 0 Å².